The quantitative estimate of drug-likeness (QED) is 0.883. The lowest BCUT2D eigenvalue weighted by Gasteiger charge is -2.22. The first-order valence-electron chi connectivity index (χ1n) is 8.29. The van der Waals surface area contributed by atoms with Gasteiger partial charge in [-0.25, -0.2) is 9.67 Å². The van der Waals surface area contributed by atoms with Crippen LogP contribution in [0.4, 0.5) is 0 Å². The van der Waals surface area contributed by atoms with Crippen LogP contribution in [0, 0.1) is 0 Å². The van der Waals surface area contributed by atoms with Crippen molar-refractivity contribution in [2.75, 3.05) is 20.1 Å². The molecule has 2 heterocycles. The first-order valence-corrected chi connectivity index (χ1v) is 9.05. The van der Waals surface area contributed by atoms with Crippen LogP contribution in [-0.2, 0) is 0 Å². The van der Waals surface area contributed by atoms with Crippen LogP contribution in [0.3, 0.4) is 0 Å². The van der Waals surface area contributed by atoms with Gasteiger partial charge in [0.05, 0.1) is 10.0 Å². The minimum Gasteiger partial charge on any atom is -0.335 e. The first-order chi connectivity index (χ1) is 11.9. The fourth-order valence-electron chi connectivity index (χ4n) is 2.94. The minimum atomic E-state index is -0.197. The topological polar surface area (TPSA) is 63.1 Å². The van der Waals surface area contributed by atoms with Crippen LogP contribution < -0.4 is 5.32 Å². The number of likely N-dealkylation sites (N-methyl/N-ethyl adjacent to an activating group) is 1. The summed E-state index contributed by atoms with van der Waals surface area (Å²) in [7, 11) is 1.79. The molecule has 2 aromatic rings. The first kappa shape index (κ1) is 18.2. The van der Waals surface area contributed by atoms with Crippen LogP contribution in [0.25, 0.3) is 5.69 Å². The Morgan fingerprint density at radius 1 is 1.36 bits per heavy atom. The third-order valence-electron chi connectivity index (χ3n) is 4.39. The third kappa shape index (κ3) is 3.52. The molecule has 25 heavy (non-hydrogen) atoms. The van der Waals surface area contributed by atoms with Crippen LogP contribution in [0.1, 0.15) is 42.6 Å². The predicted octanol–water partition coefficient (Wildman–Crippen LogP) is 3.13. The molecule has 0 bridgehead atoms. The van der Waals surface area contributed by atoms with Gasteiger partial charge >= 0.3 is 0 Å². The van der Waals surface area contributed by atoms with Crippen molar-refractivity contribution in [3.8, 4) is 5.69 Å². The van der Waals surface area contributed by atoms with Crippen LogP contribution in [-0.4, -0.2) is 51.8 Å². The van der Waals surface area contributed by atoms with Gasteiger partial charge in [0.25, 0.3) is 5.91 Å². The van der Waals surface area contributed by atoms with E-state index in [1.165, 1.54) is 0 Å². The van der Waals surface area contributed by atoms with Gasteiger partial charge in [-0.3, -0.25) is 4.79 Å². The lowest BCUT2D eigenvalue weighted by atomic mass is 10.2. The molecule has 1 atom stereocenters. The van der Waals surface area contributed by atoms with Crippen molar-refractivity contribution in [1.82, 2.24) is 25.0 Å². The zero-order valence-corrected chi connectivity index (χ0v) is 16.0. The van der Waals surface area contributed by atoms with Crippen molar-refractivity contribution in [2.45, 2.75) is 32.2 Å². The van der Waals surface area contributed by atoms with Crippen molar-refractivity contribution in [3.63, 3.8) is 0 Å². The van der Waals surface area contributed by atoms with E-state index in [4.69, 9.17) is 23.2 Å². The number of amides is 1. The van der Waals surface area contributed by atoms with Gasteiger partial charge in [0.15, 0.2) is 0 Å². The average molecular weight is 382 g/mol. The van der Waals surface area contributed by atoms with Crippen LogP contribution in [0.2, 0.25) is 10.0 Å². The number of nitrogens with zero attached hydrogens (tertiary/aromatic N) is 4. The zero-order chi connectivity index (χ0) is 18.1. The third-order valence-corrected chi connectivity index (χ3v) is 5.00. The van der Waals surface area contributed by atoms with Gasteiger partial charge in [0.1, 0.15) is 11.5 Å². The highest BCUT2D eigenvalue weighted by atomic mass is 35.5. The molecule has 1 aromatic heterocycles. The van der Waals surface area contributed by atoms with Crippen molar-refractivity contribution in [1.29, 1.82) is 0 Å². The molecule has 1 aliphatic heterocycles. The molecule has 0 radical (unpaired) electrons. The van der Waals surface area contributed by atoms with Gasteiger partial charge in [-0.05, 0) is 25.1 Å². The standard InChI is InChI=1S/C17H21Cl2N5O/c1-10(2)16-21-15(17(25)23(3)11-7-8-20-9-11)22-24(16)14-12(18)5-4-6-13(14)19/h4-6,10-11,20H,7-9H2,1-3H3. The Morgan fingerprint density at radius 3 is 2.60 bits per heavy atom. The molecule has 8 heteroatoms. The molecule has 1 aromatic carbocycles. The normalized spacial score (nSPS) is 17.3. The number of halogens is 2. The highest BCUT2D eigenvalue weighted by molar-refractivity contribution is 6.37. The molecule has 1 fully saturated rings. The molecule has 0 spiro atoms. The highest BCUT2D eigenvalue weighted by Crippen LogP contribution is 2.30. The maximum absolute atomic E-state index is 12.8. The van der Waals surface area contributed by atoms with Crippen molar-refractivity contribution in [3.05, 3.63) is 39.9 Å². The van der Waals surface area contributed by atoms with E-state index in [1.54, 1.807) is 34.8 Å². The molecule has 0 saturated carbocycles. The molecule has 6 nitrogen and oxygen atoms in total. The molecular formula is C17H21Cl2N5O. The van der Waals surface area contributed by atoms with Crippen LogP contribution >= 0.6 is 23.2 Å². The fourth-order valence-corrected chi connectivity index (χ4v) is 3.50. The second-order valence-corrected chi connectivity index (χ2v) is 7.31. The Labute approximate surface area is 157 Å². The van der Waals surface area contributed by atoms with E-state index in [2.05, 4.69) is 15.4 Å². The lowest BCUT2D eigenvalue weighted by molar-refractivity contribution is 0.0731. The summed E-state index contributed by atoms with van der Waals surface area (Å²) in [5.74, 6) is 0.669. The fraction of sp³-hybridized carbons (Fsp3) is 0.471. The Balaban J connectivity index is 2.02. The Hall–Kier alpha value is -1.63. The Morgan fingerprint density at radius 2 is 2.04 bits per heavy atom. The van der Waals surface area contributed by atoms with Gasteiger partial charge in [-0.2, -0.15) is 0 Å². The number of hydrogen-bond acceptors (Lipinski definition) is 4. The Kier molecular flexibility index (Phi) is 5.32. The van der Waals surface area contributed by atoms with E-state index >= 15 is 0 Å². The summed E-state index contributed by atoms with van der Waals surface area (Å²) in [4.78, 5) is 19.0. The van der Waals surface area contributed by atoms with E-state index in [0.717, 1.165) is 19.5 Å². The maximum atomic E-state index is 12.8. The van der Waals surface area contributed by atoms with E-state index in [1.807, 2.05) is 13.8 Å². The number of aromatic nitrogens is 3. The summed E-state index contributed by atoms with van der Waals surface area (Å²) < 4.78 is 1.59. The van der Waals surface area contributed by atoms with E-state index in [9.17, 15) is 4.79 Å². The van der Waals surface area contributed by atoms with Gasteiger partial charge < -0.3 is 10.2 Å². The highest BCUT2D eigenvalue weighted by Gasteiger charge is 2.28. The van der Waals surface area contributed by atoms with Gasteiger partial charge in [0, 0.05) is 25.6 Å². The summed E-state index contributed by atoms with van der Waals surface area (Å²) in [5, 5.41) is 8.63. The largest absolute Gasteiger partial charge is 0.335 e. The van der Waals surface area contributed by atoms with Crippen molar-refractivity contribution in [2.24, 2.45) is 0 Å². The number of carbonyl (C=O) groups is 1. The summed E-state index contributed by atoms with van der Waals surface area (Å²) in [6.45, 7) is 5.68. The molecule has 134 valence electrons. The van der Waals surface area contributed by atoms with Crippen LogP contribution in [0.5, 0.6) is 0 Å². The molecule has 1 N–H and O–H groups in total. The summed E-state index contributed by atoms with van der Waals surface area (Å²) in [6, 6.07) is 5.41. The van der Waals surface area contributed by atoms with E-state index < -0.39 is 0 Å². The number of carbonyl (C=O) groups excluding carboxylic acids is 1. The Bertz CT molecular complexity index is 763. The number of rotatable bonds is 4. The molecule has 1 saturated heterocycles. The predicted molar refractivity (Wildman–Crippen MR) is 98.8 cm³/mol. The van der Waals surface area contributed by atoms with Gasteiger partial charge in [-0.15, -0.1) is 5.10 Å². The molecule has 1 unspecified atom stereocenters. The van der Waals surface area contributed by atoms with Gasteiger partial charge in [-0.1, -0.05) is 43.1 Å². The van der Waals surface area contributed by atoms with E-state index in [0.29, 0.717) is 21.6 Å². The molecule has 3 rings (SSSR count). The summed E-state index contributed by atoms with van der Waals surface area (Å²) >= 11 is 12.6. The summed E-state index contributed by atoms with van der Waals surface area (Å²) in [5.41, 5.74) is 0.547. The molecule has 1 amide bonds. The van der Waals surface area contributed by atoms with Crippen LogP contribution in [0.15, 0.2) is 18.2 Å². The molecule has 1 aliphatic rings. The van der Waals surface area contributed by atoms with Crippen molar-refractivity contribution >= 4 is 29.1 Å². The summed E-state index contributed by atoms with van der Waals surface area (Å²) in [6.07, 6.45) is 0.927. The average Bonchev–Trinajstić information content (AvgIpc) is 3.23. The number of nitrogens with one attached hydrogen (secondary N) is 1. The van der Waals surface area contributed by atoms with E-state index in [-0.39, 0.29) is 23.7 Å². The SMILES string of the molecule is CC(C)c1nc(C(=O)N(C)C2CCNC2)nn1-c1c(Cl)cccc1Cl. The second-order valence-electron chi connectivity index (χ2n) is 6.49. The monoisotopic (exact) mass is 381 g/mol. The smallest absolute Gasteiger partial charge is 0.293 e. The number of benzene rings is 1. The minimum absolute atomic E-state index is 0.0554. The van der Waals surface area contributed by atoms with Gasteiger partial charge in [0.2, 0.25) is 5.82 Å². The molecular weight excluding hydrogens is 361 g/mol. The maximum Gasteiger partial charge on any atom is 0.293 e. The molecule has 0 aliphatic carbocycles. The lowest BCUT2D eigenvalue weighted by Crippen LogP contribution is -2.38. The zero-order valence-electron chi connectivity index (χ0n) is 14.5. The number of para-hydroxylation sites is 1. The number of hydrogen-bond donors (Lipinski definition) is 1. The second kappa shape index (κ2) is 7.32. The van der Waals surface area contributed by atoms with Crippen molar-refractivity contribution < 1.29 is 4.79 Å².